The molecule has 0 aromatic heterocycles. The molecule has 0 heterocycles. The van der Waals surface area contributed by atoms with Gasteiger partial charge >= 0.3 is 6.03 Å². The molecule has 5 nitrogen and oxygen atoms in total. The summed E-state index contributed by atoms with van der Waals surface area (Å²) in [5.41, 5.74) is -0.151. The van der Waals surface area contributed by atoms with E-state index < -0.39 is 0 Å². The third-order valence-corrected chi connectivity index (χ3v) is 5.60. The molecule has 2 amide bonds. The summed E-state index contributed by atoms with van der Waals surface area (Å²) >= 11 is 0. The molecule has 5 heteroatoms. The molecule has 0 radical (unpaired) electrons. The molecular weight excluding hydrogens is 268 g/mol. The molecule has 0 aliphatic heterocycles. The van der Waals surface area contributed by atoms with E-state index in [1.54, 1.807) is 0 Å². The highest BCUT2D eigenvalue weighted by Crippen LogP contribution is 2.57. The normalized spacial score (nSPS) is 29.1. The second kappa shape index (κ2) is 6.53. The summed E-state index contributed by atoms with van der Waals surface area (Å²) in [6.07, 6.45) is 6.17. The zero-order valence-corrected chi connectivity index (χ0v) is 13.6. The standard InChI is InChI=1S/C16H30N2O3/c1-4-15(3,9-10-19)18-14(20)17-12-11-13(21-5-2)16(12)7-6-8-16/h12-13,19H,4-11H2,1-3H3,(H2,17,18,20). The summed E-state index contributed by atoms with van der Waals surface area (Å²) in [6, 6.07) is 0.122. The summed E-state index contributed by atoms with van der Waals surface area (Å²) in [5, 5.41) is 15.3. The van der Waals surface area contributed by atoms with Gasteiger partial charge in [-0.15, -0.1) is 0 Å². The number of ether oxygens (including phenoxy) is 1. The number of carbonyl (C=O) groups excluding carboxylic acids is 1. The fourth-order valence-electron chi connectivity index (χ4n) is 3.68. The van der Waals surface area contributed by atoms with Gasteiger partial charge in [0.25, 0.3) is 0 Å². The van der Waals surface area contributed by atoms with Crippen molar-refractivity contribution in [2.45, 2.75) is 77.0 Å². The van der Waals surface area contributed by atoms with Crippen LogP contribution in [0.5, 0.6) is 0 Å². The minimum absolute atomic E-state index is 0.0877. The van der Waals surface area contributed by atoms with Crippen molar-refractivity contribution in [3.8, 4) is 0 Å². The van der Waals surface area contributed by atoms with Crippen LogP contribution in [0.15, 0.2) is 0 Å². The Balaban J connectivity index is 1.86. The lowest BCUT2D eigenvalue weighted by molar-refractivity contribution is -0.169. The van der Waals surface area contributed by atoms with E-state index >= 15 is 0 Å². The first-order valence-corrected chi connectivity index (χ1v) is 8.31. The van der Waals surface area contributed by atoms with Gasteiger partial charge in [-0.3, -0.25) is 0 Å². The number of carbonyl (C=O) groups is 1. The van der Waals surface area contributed by atoms with E-state index in [1.807, 2.05) is 20.8 Å². The monoisotopic (exact) mass is 298 g/mol. The van der Waals surface area contributed by atoms with Crippen molar-refractivity contribution in [1.29, 1.82) is 0 Å². The van der Waals surface area contributed by atoms with E-state index in [9.17, 15) is 4.79 Å². The first-order valence-electron chi connectivity index (χ1n) is 8.31. The van der Waals surface area contributed by atoms with E-state index in [0.29, 0.717) is 12.5 Å². The van der Waals surface area contributed by atoms with Crippen molar-refractivity contribution in [3.63, 3.8) is 0 Å². The number of nitrogens with one attached hydrogen (secondary N) is 2. The smallest absolute Gasteiger partial charge is 0.315 e. The minimum Gasteiger partial charge on any atom is -0.396 e. The number of aliphatic hydroxyl groups is 1. The molecule has 3 atom stereocenters. The van der Waals surface area contributed by atoms with Crippen molar-refractivity contribution < 1.29 is 14.6 Å². The fraction of sp³-hybridized carbons (Fsp3) is 0.938. The lowest BCUT2D eigenvalue weighted by Gasteiger charge is -2.61. The highest BCUT2D eigenvalue weighted by atomic mass is 16.5. The summed E-state index contributed by atoms with van der Waals surface area (Å²) in [5.74, 6) is 0. The Bertz CT molecular complexity index is 371. The van der Waals surface area contributed by atoms with Crippen molar-refractivity contribution in [3.05, 3.63) is 0 Å². The second-order valence-corrected chi connectivity index (χ2v) is 6.81. The van der Waals surface area contributed by atoms with Crippen molar-refractivity contribution in [1.82, 2.24) is 10.6 Å². The summed E-state index contributed by atoms with van der Waals surface area (Å²) in [4.78, 5) is 12.2. The molecule has 21 heavy (non-hydrogen) atoms. The predicted molar refractivity (Wildman–Crippen MR) is 82.2 cm³/mol. The van der Waals surface area contributed by atoms with E-state index in [4.69, 9.17) is 9.84 Å². The van der Waals surface area contributed by atoms with Crippen molar-refractivity contribution in [2.75, 3.05) is 13.2 Å². The number of amides is 2. The first-order chi connectivity index (χ1) is 9.99. The quantitative estimate of drug-likeness (QED) is 0.674. The molecule has 122 valence electrons. The van der Waals surface area contributed by atoms with E-state index in [2.05, 4.69) is 10.6 Å². The number of aliphatic hydroxyl groups excluding tert-OH is 1. The van der Waals surface area contributed by atoms with Crippen molar-refractivity contribution in [2.24, 2.45) is 5.41 Å². The Labute approximate surface area is 127 Å². The second-order valence-electron chi connectivity index (χ2n) is 6.81. The Morgan fingerprint density at radius 2 is 2.14 bits per heavy atom. The Morgan fingerprint density at radius 1 is 1.43 bits per heavy atom. The van der Waals surface area contributed by atoms with Crippen LogP contribution >= 0.6 is 0 Å². The van der Waals surface area contributed by atoms with Crippen LogP contribution in [0.2, 0.25) is 0 Å². The lowest BCUT2D eigenvalue weighted by Crippen LogP contribution is -2.69. The van der Waals surface area contributed by atoms with Crippen LogP contribution in [0.1, 0.15) is 59.3 Å². The van der Waals surface area contributed by atoms with Gasteiger partial charge in [0.2, 0.25) is 0 Å². The first kappa shape index (κ1) is 16.6. The van der Waals surface area contributed by atoms with Gasteiger partial charge in [0.1, 0.15) is 0 Å². The largest absolute Gasteiger partial charge is 0.396 e. The van der Waals surface area contributed by atoms with Gasteiger partial charge in [-0.2, -0.15) is 0 Å². The molecule has 2 fully saturated rings. The molecule has 1 spiro atoms. The highest BCUT2D eigenvalue weighted by Gasteiger charge is 2.59. The SMILES string of the molecule is CCOC1CC(NC(=O)NC(C)(CC)CCO)C12CCC2. The van der Waals surface area contributed by atoms with Gasteiger partial charge in [-0.25, -0.2) is 4.79 Å². The van der Waals surface area contributed by atoms with Crippen LogP contribution in [0, 0.1) is 5.41 Å². The molecule has 3 N–H and O–H groups in total. The van der Waals surface area contributed by atoms with E-state index in [1.165, 1.54) is 6.42 Å². The Morgan fingerprint density at radius 3 is 2.62 bits per heavy atom. The minimum atomic E-state index is -0.339. The lowest BCUT2D eigenvalue weighted by atomic mass is 9.51. The van der Waals surface area contributed by atoms with Crippen LogP contribution < -0.4 is 10.6 Å². The van der Waals surface area contributed by atoms with Crippen LogP contribution in [0.4, 0.5) is 4.79 Å². The predicted octanol–water partition coefficient (Wildman–Crippen LogP) is 2.18. The van der Waals surface area contributed by atoms with Crippen LogP contribution in [-0.4, -0.2) is 42.0 Å². The Kier molecular flexibility index (Phi) is 5.15. The fourth-order valence-corrected chi connectivity index (χ4v) is 3.68. The summed E-state index contributed by atoms with van der Waals surface area (Å²) < 4.78 is 5.80. The maximum Gasteiger partial charge on any atom is 0.315 e. The highest BCUT2D eigenvalue weighted by molar-refractivity contribution is 5.75. The van der Waals surface area contributed by atoms with Crippen LogP contribution in [0.3, 0.4) is 0 Å². The van der Waals surface area contributed by atoms with E-state index in [-0.39, 0.29) is 29.6 Å². The average Bonchev–Trinajstić information content (AvgIpc) is 2.35. The molecule has 3 unspecified atom stereocenters. The molecule has 2 rings (SSSR count). The summed E-state index contributed by atoms with van der Waals surface area (Å²) in [6.45, 7) is 6.87. The molecule has 2 saturated carbocycles. The third kappa shape index (κ3) is 3.19. The van der Waals surface area contributed by atoms with Crippen LogP contribution in [-0.2, 0) is 4.74 Å². The maximum absolute atomic E-state index is 12.2. The third-order valence-electron chi connectivity index (χ3n) is 5.60. The number of urea groups is 1. The topological polar surface area (TPSA) is 70.6 Å². The zero-order valence-electron chi connectivity index (χ0n) is 13.6. The van der Waals surface area contributed by atoms with Gasteiger partial charge in [-0.1, -0.05) is 13.3 Å². The Hall–Kier alpha value is -0.810. The van der Waals surface area contributed by atoms with Gasteiger partial charge in [0, 0.05) is 30.2 Å². The van der Waals surface area contributed by atoms with Gasteiger partial charge in [0.05, 0.1) is 6.10 Å². The van der Waals surface area contributed by atoms with Crippen LogP contribution in [0.25, 0.3) is 0 Å². The van der Waals surface area contributed by atoms with Gasteiger partial charge in [-0.05, 0) is 46.0 Å². The molecule has 0 bridgehead atoms. The molecular formula is C16H30N2O3. The molecule has 2 aliphatic carbocycles. The van der Waals surface area contributed by atoms with Gasteiger partial charge < -0.3 is 20.5 Å². The van der Waals surface area contributed by atoms with E-state index in [0.717, 1.165) is 32.3 Å². The summed E-state index contributed by atoms with van der Waals surface area (Å²) in [7, 11) is 0. The van der Waals surface area contributed by atoms with Crippen molar-refractivity contribution >= 4 is 6.03 Å². The maximum atomic E-state index is 12.2. The number of hydrogen-bond donors (Lipinski definition) is 3. The molecule has 0 aromatic rings. The number of hydrogen-bond acceptors (Lipinski definition) is 3. The molecule has 0 saturated heterocycles. The van der Waals surface area contributed by atoms with Gasteiger partial charge in [0.15, 0.2) is 0 Å². The molecule has 2 aliphatic rings. The number of rotatable bonds is 7. The molecule has 0 aromatic carbocycles. The average molecular weight is 298 g/mol. The zero-order chi connectivity index (χ0) is 15.5.